The predicted molar refractivity (Wildman–Crippen MR) is 120 cm³/mol. The number of nitrogens with zero attached hydrogens (tertiary/aromatic N) is 4. The van der Waals surface area contributed by atoms with Crippen LogP contribution < -0.4 is 4.90 Å². The SMILES string of the molecule is COCCCN1C(=O)C(c2ccc(Cl)cc2)=C(N2CCN(c3ccccn3)CC2)C1=O. The lowest BCUT2D eigenvalue weighted by atomic mass is 10.0. The Morgan fingerprint density at radius 3 is 2.32 bits per heavy atom. The van der Waals surface area contributed by atoms with E-state index >= 15 is 0 Å². The van der Waals surface area contributed by atoms with Crippen molar-refractivity contribution in [1.29, 1.82) is 0 Å². The molecule has 2 aliphatic heterocycles. The Balaban J connectivity index is 1.60. The Bertz CT molecular complexity index is 970. The van der Waals surface area contributed by atoms with Gasteiger partial charge in [-0.3, -0.25) is 14.5 Å². The van der Waals surface area contributed by atoms with Crippen LogP contribution in [0.1, 0.15) is 12.0 Å². The van der Waals surface area contributed by atoms with E-state index in [2.05, 4.69) is 9.88 Å². The Hall–Kier alpha value is -2.90. The minimum atomic E-state index is -0.259. The van der Waals surface area contributed by atoms with E-state index in [0.717, 1.165) is 18.9 Å². The van der Waals surface area contributed by atoms with Gasteiger partial charge in [0, 0.05) is 57.7 Å². The first kappa shape index (κ1) is 21.3. The van der Waals surface area contributed by atoms with Crippen molar-refractivity contribution in [3.63, 3.8) is 0 Å². The molecule has 8 heteroatoms. The van der Waals surface area contributed by atoms with Gasteiger partial charge in [-0.25, -0.2) is 4.98 Å². The number of benzene rings is 1. The number of methoxy groups -OCH3 is 1. The number of rotatable bonds is 7. The topological polar surface area (TPSA) is 66.0 Å². The van der Waals surface area contributed by atoms with E-state index < -0.39 is 0 Å². The molecule has 2 amide bonds. The molecular formula is C23H25ClN4O3. The van der Waals surface area contributed by atoms with E-state index in [1.807, 2.05) is 23.1 Å². The molecule has 162 valence electrons. The van der Waals surface area contributed by atoms with Crippen LogP contribution in [-0.4, -0.2) is 73.0 Å². The van der Waals surface area contributed by atoms with Gasteiger partial charge < -0.3 is 14.5 Å². The standard InChI is InChI=1S/C23H25ClN4O3/c1-31-16-4-11-28-22(29)20(17-6-8-18(24)9-7-17)21(23(28)30)27-14-12-26(13-15-27)19-5-2-3-10-25-19/h2-3,5-10H,4,11-16H2,1H3. The van der Waals surface area contributed by atoms with Gasteiger partial charge in [-0.1, -0.05) is 29.8 Å². The zero-order valence-corrected chi connectivity index (χ0v) is 18.2. The highest BCUT2D eigenvalue weighted by Gasteiger charge is 2.41. The molecule has 31 heavy (non-hydrogen) atoms. The summed E-state index contributed by atoms with van der Waals surface area (Å²) in [6.07, 6.45) is 2.38. The van der Waals surface area contributed by atoms with Gasteiger partial charge in [0.25, 0.3) is 11.8 Å². The van der Waals surface area contributed by atoms with Crippen LogP contribution in [0.15, 0.2) is 54.4 Å². The lowest BCUT2D eigenvalue weighted by Crippen LogP contribution is -2.48. The quantitative estimate of drug-likeness (QED) is 0.487. The third-order valence-corrected chi connectivity index (χ3v) is 5.83. The van der Waals surface area contributed by atoms with Crippen molar-refractivity contribution in [2.24, 2.45) is 0 Å². The number of amides is 2. The number of piperazine rings is 1. The largest absolute Gasteiger partial charge is 0.385 e. The van der Waals surface area contributed by atoms with Crippen LogP contribution in [0.4, 0.5) is 5.82 Å². The average Bonchev–Trinajstić information content (AvgIpc) is 3.05. The molecule has 0 atom stereocenters. The highest BCUT2D eigenvalue weighted by molar-refractivity contribution is 6.36. The zero-order valence-electron chi connectivity index (χ0n) is 17.5. The summed E-state index contributed by atoms with van der Waals surface area (Å²) < 4.78 is 5.09. The smallest absolute Gasteiger partial charge is 0.277 e. The summed E-state index contributed by atoms with van der Waals surface area (Å²) in [6.45, 7) is 3.53. The number of hydrogen-bond donors (Lipinski definition) is 0. The van der Waals surface area contributed by atoms with E-state index in [4.69, 9.17) is 16.3 Å². The first-order valence-corrected chi connectivity index (χ1v) is 10.7. The molecule has 1 fully saturated rings. The fraction of sp³-hybridized carbons (Fsp3) is 0.348. The van der Waals surface area contributed by atoms with Crippen LogP contribution in [-0.2, 0) is 14.3 Å². The number of hydrogen-bond acceptors (Lipinski definition) is 6. The summed E-state index contributed by atoms with van der Waals surface area (Å²) in [5, 5.41) is 0.587. The van der Waals surface area contributed by atoms with Crippen LogP contribution in [0.2, 0.25) is 5.02 Å². The second kappa shape index (κ2) is 9.49. The molecule has 0 aliphatic carbocycles. The van der Waals surface area contributed by atoms with E-state index in [1.165, 1.54) is 4.90 Å². The van der Waals surface area contributed by atoms with Gasteiger partial charge in [0.1, 0.15) is 11.5 Å². The molecule has 2 aliphatic rings. The van der Waals surface area contributed by atoms with Crippen LogP contribution in [0.25, 0.3) is 5.57 Å². The normalized spacial score (nSPS) is 17.2. The molecule has 0 spiro atoms. The molecule has 0 radical (unpaired) electrons. The van der Waals surface area contributed by atoms with Crippen molar-refractivity contribution in [3.8, 4) is 0 Å². The van der Waals surface area contributed by atoms with Crippen molar-refractivity contribution >= 4 is 34.8 Å². The van der Waals surface area contributed by atoms with Crippen molar-refractivity contribution in [1.82, 2.24) is 14.8 Å². The number of aromatic nitrogens is 1. The molecule has 3 heterocycles. The minimum Gasteiger partial charge on any atom is -0.385 e. The van der Waals surface area contributed by atoms with E-state index in [9.17, 15) is 9.59 Å². The Morgan fingerprint density at radius 2 is 1.68 bits per heavy atom. The van der Waals surface area contributed by atoms with Crippen molar-refractivity contribution in [2.45, 2.75) is 6.42 Å². The van der Waals surface area contributed by atoms with Crippen molar-refractivity contribution in [3.05, 3.63) is 64.9 Å². The lowest BCUT2D eigenvalue weighted by Gasteiger charge is -2.37. The molecule has 0 N–H and O–H groups in total. The molecule has 7 nitrogen and oxygen atoms in total. The molecule has 1 saturated heterocycles. The van der Waals surface area contributed by atoms with Crippen LogP contribution in [0, 0.1) is 0 Å². The summed E-state index contributed by atoms with van der Waals surface area (Å²) in [6, 6.07) is 12.9. The molecule has 1 aromatic heterocycles. The van der Waals surface area contributed by atoms with Gasteiger partial charge in [0.2, 0.25) is 0 Å². The number of halogens is 1. The number of imide groups is 1. The third kappa shape index (κ3) is 4.43. The van der Waals surface area contributed by atoms with Gasteiger partial charge >= 0.3 is 0 Å². The second-order valence-corrected chi connectivity index (χ2v) is 7.94. The maximum Gasteiger partial charge on any atom is 0.277 e. The zero-order chi connectivity index (χ0) is 21.8. The summed E-state index contributed by atoms with van der Waals surface area (Å²) in [7, 11) is 1.61. The first-order chi connectivity index (χ1) is 15.1. The molecule has 0 saturated carbocycles. The van der Waals surface area contributed by atoms with Gasteiger partial charge in [-0.2, -0.15) is 0 Å². The number of ether oxygens (including phenoxy) is 1. The Kier molecular flexibility index (Phi) is 6.53. The number of pyridine rings is 1. The molecule has 1 aromatic carbocycles. The van der Waals surface area contributed by atoms with E-state index in [1.54, 1.807) is 37.6 Å². The van der Waals surface area contributed by atoms with Gasteiger partial charge in [-0.05, 0) is 36.2 Å². The Morgan fingerprint density at radius 1 is 0.968 bits per heavy atom. The molecule has 2 aromatic rings. The van der Waals surface area contributed by atoms with E-state index in [0.29, 0.717) is 54.5 Å². The minimum absolute atomic E-state index is 0.239. The predicted octanol–water partition coefficient (Wildman–Crippen LogP) is 2.67. The Labute approximate surface area is 186 Å². The average molecular weight is 441 g/mol. The van der Waals surface area contributed by atoms with Gasteiger partial charge in [0.15, 0.2) is 0 Å². The number of anilines is 1. The summed E-state index contributed by atoms with van der Waals surface area (Å²) >= 11 is 6.04. The fourth-order valence-electron chi connectivity index (χ4n) is 4.00. The van der Waals surface area contributed by atoms with Crippen LogP contribution in [0.3, 0.4) is 0 Å². The monoisotopic (exact) mass is 440 g/mol. The fourth-order valence-corrected chi connectivity index (χ4v) is 4.13. The highest BCUT2D eigenvalue weighted by atomic mass is 35.5. The second-order valence-electron chi connectivity index (χ2n) is 7.50. The molecular weight excluding hydrogens is 416 g/mol. The maximum absolute atomic E-state index is 13.3. The number of carbonyl (C=O) groups is 2. The highest BCUT2D eigenvalue weighted by Crippen LogP contribution is 2.33. The molecule has 4 rings (SSSR count). The van der Waals surface area contributed by atoms with Crippen LogP contribution in [0.5, 0.6) is 0 Å². The maximum atomic E-state index is 13.3. The van der Waals surface area contributed by atoms with Crippen molar-refractivity contribution in [2.75, 3.05) is 51.3 Å². The number of carbonyl (C=O) groups excluding carboxylic acids is 2. The van der Waals surface area contributed by atoms with Crippen LogP contribution >= 0.6 is 11.6 Å². The van der Waals surface area contributed by atoms with Gasteiger partial charge in [-0.15, -0.1) is 0 Å². The molecule has 0 bridgehead atoms. The summed E-state index contributed by atoms with van der Waals surface area (Å²) in [4.78, 5) is 36.6. The van der Waals surface area contributed by atoms with Crippen molar-refractivity contribution < 1.29 is 14.3 Å². The lowest BCUT2D eigenvalue weighted by molar-refractivity contribution is -0.137. The third-order valence-electron chi connectivity index (χ3n) is 5.58. The first-order valence-electron chi connectivity index (χ1n) is 10.4. The summed E-state index contributed by atoms with van der Waals surface area (Å²) in [5.41, 5.74) is 1.63. The summed E-state index contributed by atoms with van der Waals surface area (Å²) in [5.74, 6) is 0.423. The van der Waals surface area contributed by atoms with E-state index in [-0.39, 0.29) is 11.8 Å². The molecule has 0 unspecified atom stereocenters. The van der Waals surface area contributed by atoms with Gasteiger partial charge in [0.05, 0.1) is 5.57 Å².